The summed E-state index contributed by atoms with van der Waals surface area (Å²) >= 11 is 0. The highest BCUT2D eigenvalue weighted by Gasteiger charge is 2.24. The van der Waals surface area contributed by atoms with Crippen LogP contribution in [0.15, 0.2) is 40.8 Å². The summed E-state index contributed by atoms with van der Waals surface area (Å²) in [6.45, 7) is 3.74. The molecule has 0 radical (unpaired) electrons. The van der Waals surface area contributed by atoms with Gasteiger partial charge in [0, 0.05) is 0 Å². The minimum absolute atomic E-state index is 0.187. The summed E-state index contributed by atoms with van der Waals surface area (Å²) in [6.07, 6.45) is 0. The number of furan rings is 1. The molecule has 0 aliphatic carbocycles. The summed E-state index contributed by atoms with van der Waals surface area (Å²) in [4.78, 5) is 12.0. The number of carbonyl (C=O) groups is 1. The fourth-order valence-electron chi connectivity index (χ4n) is 2.09. The van der Waals surface area contributed by atoms with Crippen molar-refractivity contribution in [2.24, 2.45) is 0 Å². The maximum atomic E-state index is 13.0. The summed E-state index contributed by atoms with van der Waals surface area (Å²) in [6, 6.07) is 8.59. The molecule has 1 aromatic heterocycles. The summed E-state index contributed by atoms with van der Waals surface area (Å²) in [5.41, 5.74) is 0.637. The van der Waals surface area contributed by atoms with Crippen molar-refractivity contribution in [2.45, 2.75) is 25.9 Å². The number of aryl methyl sites for hydroxylation is 1. The molecule has 1 heterocycles. The van der Waals surface area contributed by atoms with E-state index in [0.29, 0.717) is 5.56 Å². The first-order valence-corrected chi connectivity index (χ1v) is 6.67. The van der Waals surface area contributed by atoms with Gasteiger partial charge in [-0.05, 0) is 43.7 Å². The van der Waals surface area contributed by atoms with E-state index in [0.717, 1.165) is 11.5 Å². The Morgan fingerprint density at radius 3 is 2.43 bits per heavy atom. The van der Waals surface area contributed by atoms with Gasteiger partial charge in [0.25, 0.3) is 0 Å². The van der Waals surface area contributed by atoms with Crippen molar-refractivity contribution >= 4 is 5.97 Å². The third kappa shape index (κ3) is 3.70. The molecule has 0 aliphatic heterocycles. The molecule has 21 heavy (non-hydrogen) atoms. The molecule has 2 aromatic rings. The minimum atomic E-state index is -0.684. The lowest BCUT2D eigenvalue weighted by atomic mass is 10.1. The molecule has 0 bridgehead atoms. The van der Waals surface area contributed by atoms with Crippen LogP contribution in [-0.2, 0) is 9.53 Å². The Hall–Kier alpha value is -2.14. The number of hydrogen-bond acceptors (Lipinski definition) is 4. The molecule has 5 heteroatoms. The lowest BCUT2D eigenvalue weighted by Gasteiger charge is -2.20. The van der Waals surface area contributed by atoms with Crippen molar-refractivity contribution in [3.05, 3.63) is 59.3 Å². The molecule has 2 atom stereocenters. The van der Waals surface area contributed by atoms with Crippen molar-refractivity contribution < 1.29 is 18.3 Å². The lowest BCUT2D eigenvalue weighted by Crippen LogP contribution is -2.31. The maximum absolute atomic E-state index is 13.0. The fourth-order valence-corrected chi connectivity index (χ4v) is 2.09. The lowest BCUT2D eigenvalue weighted by molar-refractivity contribution is -0.143. The third-order valence-corrected chi connectivity index (χ3v) is 3.24. The van der Waals surface area contributed by atoms with E-state index in [1.807, 2.05) is 26.0 Å². The molecule has 1 aromatic carbocycles. The van der Waals surface area contributed by atoms with E-state index < -0.39 is 12.0 Å². The van der Waals surface area contributed by atoms with Gasteiger partial charge in [0.1, 0.15) is 23.4 Å². The number of nitrogens with one attached hydrogen (secondary N) is 1. The van der Waals surface area contributed by atoms with E-state index in [1.54, 1.807) is 12.1 Å². The number of esters is 1. The minimum Gasteiger partial charge on any atom is -0.468 e. The van der Waals surface area contributed by atoms with Crippen LogP contribution in [0.2, 0.25) is 0 Å². The van der Waals surface area contributed by atoms with Crippen LogP contribution in [0.3, 0.4) is 0 Å². The van der Waals surface area contributed by atoms with Crippen LogP contribution in [0.4, 0.5) is 4.39 Å². The predicted octanol–water partition coefficient (Wildman–Crippen LogP) is 3.29. The third-order valence-electron chi connectivity index (χ3n) is 3.24. The van der Waals surface area contributed by atoms with Gasteiger partial charge in [-0.1, -0.05) is 12.1 Å². The van der Waals surface area contributed by atoms with Gasteiger partial charge in [0.15, 0.2) is 0 Å². The monoisotopic (exact) mass is 291 g/mol. The van der Waals surface area contributed by atoms with Gasteiger partial charge >= 0.3 is 5.97 Å². The van der Waals surface area contributed by atoms with Gasteiger partial charge in [0.05, 0.1) is 13.2 Å². The summed E-state index contributed by atoms with van der Waals surface area (Å²) < 4.78 is 23.4. The number of hydrogen-bond donors (Lipinski definition) is 1. The Morgan fingerprint density at radius 1 is 1.24 bits per heavy atom. The first-order chi connectivity index (χ1) is 10.0. The van der Waals surface area contributed by atoms with Gasteiger partial charge in [-0.2, -0.15) is 0 Å². The summed E-state index contributed by atoms with van der Waals surface area (Å²) in [5.74, 6) is 0.743. The molecule has 0 amide bonds. The molecule has 0 fully saturated rings. The predicted molar refractivity (Wildman–Crippen MR) is 76.2 cm³/mol. The topological polar surface area (TPSA) is 51.5 Å². The zero-order valence-corrected chi connectivity index (χ0v) is 12.2. The number of carbonyl (C=O) groups excluding carboxylic acids is 1. The SMILES string of the molecule is COC(=O)[C@@H](N[C@@H](C)c1ccc(C)o1)c1ccc(F)cc1. The van der Waals surface area contributed by atoms with Crippen LogP contribution in [-0.4, -0.2) is 13.1 Å². The Bertz CT molecular complexity index is 606. The Morgan fingerprint density at radius 2 is 1.90 bits per heavy atom. The Labute approximate surface area is 122 Å². The van der Waals surface area contributed by atoms with Crippen LogP contribution in [0.1, 0.15) is 36.1 Å². The van der Waals surface area contributed by atoms with E-state index in [9.17, 15) is 9.18 Å². The average molecular weight is 291 g/mol. The second-order valence-electron chi connectivity index (χ2n) is 4.84. The van der Waals surface area contributed by atoms with Crippen molar-refractivity contribution in [1.29, 1.82) is 0 Å². The van der Waals surface area contributed by atoms with Crippen LogP contribution >= 0.6 is 0 Å². The quantitative estimate of drug-likeness (QED) is 0.859. The van der Waals surface area contributed by atoms with Crippen molar-refractivity contribution in [1.82, 2.24) is 5.32 Å². The van der Waals surface area contributed by atoms with E-state index in [1.165, 1.54) is 19.2 Å². The summed E-state index contributed by atoms with van der Waals surface area (Å²) in [5, 5.41) is 3.14. The number of benzene rings is 1. The molecular formula is C16H18FNO3. The van der Waals surface area contributed by atoms with Gasteiger partial charge < -0.3 is 9.15 Å². The smallest absolute Gasteiger partial charge is 0.327 e. The van der Waals surface area contributed by atoms with E-state index in [4.69, 9.17) is 9.15 Å². The van der Waals surface area contributed by atoms with E-state index >= 15 is 0 Å². The highest BCUT2D eigenvalue weighted by molar-refractivity contribution is 5.77. The normalized spacial score (nSPS) is 13.7. The van der Waals surface area contributed by atoms with Crippen LogP contribution in [0.5, 0.6) is 0 Å². The highest BCUT2D eigenvalue weighted by Crippen LogP contribution is 2.22. The molecule has 1 N–H and O–H groups in total. The van der Waals surface area contributed by atoms with E-state index in [-0.39, 0.29) is 11.9 Å². The van der Waals surface area contributed by atoms with Crippen molar-refractivity contribution in [3.8, 4) is 0 Å². The zero-order chi connectivity index (χ0) is 15.4. The number of methoxy groups -OCH3 is 1. The summed E-state index contributed by atoms with van der Waals surface area (Å²) in [7, 11) is 1.32. The molecule has 0 unspecified atom stereocenters. The molecular weight excluding hydrogens is 273 g/mol. The van der Waals surface area contributed by atoms with Crippen LogP contribution in [0.25, 0.3) is 0 Å². The average Bonchev–Trinajstić information content (AvgIpc) is 2.91. The second-order valence-corrected chi connectivity index (χ2v) is 4.84. The van der Waals surface area contributed by atoms with Crippen LogP contribution in [0, 0.1) is 12.7 Å². The molecule has 2 rings (SSSR count). The maximum Gasteiger partial charge on any atom is 0.327 e. The largest absolute Gasteiger partial charge is 0.468 e. The van der Waals surface area contributed by atoms with Gasteiger partial charge in [-0.25, -0.2) is 9.18 Å². The molecule has 112 valence electrons. The highest BCUT2D eigenvalue weighted by atomic mass is 19.1. The van der Waals surface area contributed by atoms with Gasteiger partial charge in [-0.3, -0.25) is 5.32 Å². The zero-order valence-electron chi connectivity index (χ0n) is 12.2. The molecule has 0 saturated carbocycles. The molecule has 0 saturated heterocycles. The van der Waals surface area contributed by atoms with Crippen molar-refractivity contribution in [2.75, 3.05) is 7.11 Å². The number of halogens is 1. The van der Waals surface area contributed by atoms with Crippen molar-refractivity contribution in [3.63, 3.8) is 0 Å². The standard InChI is InChI=1S/C16H18FNO3/c1-10-4-9-14(21-10)11(2)18-15(16(19)20-3)12-5-7-13(17)8-6-12/h4-9,11,15,18H,1-3H3/t11-,15-/m0/s1. The van der Waals surface area contributed by atoms with Gasteiger partial charge in [-0.15, -0.1) is 0 Å². The fraction of sp³-hybridized carbons (Fsp3) is 0.312. The Kier molecular flexibility index (Phi) is 4.75. The van der Waals surface area contributed by atoms with Crippen LogP contribution < -0.4 is 5.32 Å². The first-order valence-electron chi connectivity index (χ1n) is 6.67. The number of ether oxygens (including phenoxy) is 1. The number of rotatable bonds is 5. The first kappa shape index (κ1) is 15.3. The second kappa shape index (κ2) is 6.54. The Balaban J connectivity index is 2.20. The molecule has 0 aliphatic rings. The molecule has 4 nitrogen and oxygen atoms in total. The van der Waals surface area contributed by atoms with Gasteiger partial charge in [0.2, 0.25) is 0 Å². The van der Waals surface area contributed by atoms with E-state index in [2.05, 4.69) is 5.32 Å². The molecule has 0 spiro atoms.